The quantitative estimate of drug-likeness (QED) is 0.684. The van der Waals surface area contributed by atoms with E-state index in [1.54, 1.807) is 4.68 Å². The van der Waals surface area contributed by atoms with Crippen molar-refractivity contribution in [1.82, 2.24) is 14.8 Å². The van der Waals surface area contributed by atoms with Crippen LogP contribution in [0.5, 0.6) is 0 Å². The number of carbonyl (C=O) groups excluding carboxylic acids is 1. The summed E-state index contributed by atoms with van der Waals surface area (Å²) in [5, 5.41) is 10.6. The molecule has 1 aliphatic heterocycles. The van der Waals surface area contributed by atoms with Crippen LogP contribution in [0.25, 0.3) is 0 Å². The molecule has 3 aromatic rings. The summed E-state index contributed by atoms with van der Waals surface area (Å²) in [6.07, 6.45) is 1.51. The van der Waals surface area contributed by atoms with E-state index in [4.69, 9.17) is 0 Å². The number of nitrogens with zero attached hydrogens (tertiary/aromatic N) is 3. The number of allylic oxidation sites excluding steroid dienone is 1. The minimum absolute atomic E-state index is 0.153. The third-order valence-electron chi connectivity index (χ3n) is 5.23. The molecule has 2 N–H and O–H groups in total. The summed E-state index contributed by atoms with van der Waals surface area (Å²) in [5.41, 5.74) is 5.52. The van der Waals surface area contributed by atoms with Crippen LogP contribution >= 0.6 is 0 Å². The van der Waals surface area contributed by atoms with Crippen LogP contribution in [0.1, 0.15) is 49.4 Å². The van der Waals surface area contributed by atoms with Crippen LogP contribution in [0, 0.1) is 6.92 Å². The van der Waals surface area contributed by atoms with Crippen molar-refractivity contribution in [3.05, 3.63) is 82.8 Å². The van der Waals surface area contributed by atoms with Gasteiger partial charge in [-0.05, 0) is 48.6 Å². The van der Waals surface area contributed by atoms with Crippen LogP contribution in [0.4, 0.5) is 11.6 Å². The standard InChI is InChI=1S/C23H25N5O/c1-14(2)17-8-10-18(11-9-17)21-20(16(4)26-23-24-13-25-28(21)23)22(29)27-19-7-5-6-15(3)12-19/h5-14,21H,1-4H3,(H,27,29)(H,24,25,26). The lowest BCUT2D eigenvalue weighted by atomic mass is 9.92. The molecule has 2 aromatic carbocycles. The summed E-state index contributed by atoms with van der Waals surface area (Å²) in [7, 11) is 0. The van der Waals surface area contributed by atoms with Crippen molar-refractivity contribution in [2.24, 2.45) is 0 Å². The number of nitrogens with one attached hydrogen (secondary N) is 2. The first-order valence-corrected chi connectivity index (χ1v) is 9.79. The van der Waals surface area contributed by atoms with E-state index < -0.39 is 0 Å². The molecule has 4 rings (SSSR count). The van der Waals surface area contributed by atoms with E-state index in [9.17, 15) is 4.79 Å². The summed E-state index contributed by atoms with van der Waals surface area (Å²) >= 11 is 0. The summed E-state index contributed by atoms with van der Waals surface area (Å²) in [6.45, 7) is 8.24. The lowest BCUT2D eigenvalue weighted by Gasteiger charge is -2.29. The lowest BCUT2D eigenvalue weighted by molar-refractivity contribution is -0.113. The van der Waals surface area contributed by atoms with E-state index in [1.807, 2.05) is 38.1 Å². The number of hydrogen-bond donors (Lipinski definition) is 2. The van der Waals surface area contributed by atoms with E-state index in [2.05, 4.69) is 58.8 Å². The summed E-state index contributed by atoms with van der Waals surface area (Å²) in [5.74, 6) is 0.924. The highest BCUT2D eigenvalue weighted by Crippen LogP contribution is 2.35. The maximum absolute atomic E-state index is 13.3. The van der Waals surface area contributed by atoms with Gasteiger partial charge in [-0.25, -0.2) is 4.68 Å². The number of hydrogen-bond acceptors (Lipinski definition) is 4. The van der Waals surface area contributed by atoms with Gasteiger partial charge in [-0.2, -0.15) is 10.1 Å². The Morgan fingerprint density at radius 3 is 2.59 bits per heavy atom. The van der Waals surface area contributed by atoms with Crippen molar-refractivity contribution < 1.29 is 4.79 Å². The van der Waals surface area contributed by atoms with Crippen LogP contribution in [-0.4, -0.2) is 20.7 Å². The Morgan fingerprint density at radius 1 is 1.14 bits per heavy atom. The van der Waals surface area contributed by atoms with Crippen molar-refractivity contribution in [1.29, 1.82) is 0 Å². The van der Waals surface area contributed by atoms with Gasteiger partial charge in [0.1, 0.15) is 12.4 Å². The van der Waals surface area contributed by atoms with Crippen LogP contribution in [-0.2, 0) is 4.79 Å². The molecule has 6 heteroatoms. The highest BCUT2D eigenvalue weighted by molar-refractivity contribution is 6.06. The Bertz CT molecular complexity index is 1080. The average molecular weight is 387 g/mol. The Balaban J connectivity index is 1.74. The molecule has 6 nitrogen and oxygen atoms in total. The predicted molar refractivity (Wildman–Crippen MR) is 115 cm³/mol. The van der Waals surface area contributed by atoms with Gasteiger partial charge in [0.05, 0.1) is 5.57 Å². The number of aromatic nitrogens is 3. The summed E-state index contributed by atoms with van der Waals surface area (Å²) in [4.78, 5) is 17.6. The third-order valence-corrected chi connectivity index (χ3v) is 5.23. The highest BCUT2D eigenvalue weighted by atomic mass is 16.1. The molecule has 0 aliphatic carbocycles. The number of fused-ring (bicyclic) bond motifs is 1. The molecule has 1 unspecified atom stereocenters. The lowest BCUT2D eigenvalue weighted by Crippen LogP contribution is -2.31. The number of benzene rings is 2. The van der Waals surface area contributed by atoms with E-state index in [1.165, 1.54) is 11.9 Å². The third kappa shape index (κ3) is 3.66. The van der Waals surface area contributed by atoms with Gasteiger partial charge in [0.15, 0.2) is 0 Å². The monoisotopic (exact) mass is 387 g/mol. The van der Waals surface area contributed by atoms with Gasteiger partial charge in [-0.3, -0.25) is 4.79 Å². The van der Waals surface area contributed by atoms with Gasteiger partial charge >= 0.3 is 0 Å². The largest absolute Gasteiger partial charge is 0.328 e. The summed E-state index contributed by atoms with van der Waals surface area (Å²) < 4.78 is 1.77. The Kier molecular flexibility index (Phi) is 4.92. The molecule has 1 atom stereocenters. The molecule has 0 radical (unpaired) electrons. The van der Waals surface area contributed by atoms with Gasteiger partial charge in [0, 0.05) is 11.4 Å². The fourth-order valence-corrected chi connectivity index (χ4v) is 3.68. The minimum Gasteiger partial charge on any atom is -0.328 e. The zero-order valence-corrected chi connectivity index (χ0v) is 17.1. The van der Waals surface area contributed by atoms with Crippen LogP contribution in [0.3, 0.4) is 0 Å². The Hall–Kier alpha value is -3.41. The van der Waals surface area contributed by atoms with Crippen molar-refractivity contribution in [2.75, 3.05) is 10.6 Å². The smallest absolute Gasteiger partial charge is 0.255 e. The van der Waals surface area contributed by atoms with E-state index in [-0.39, 0.29) is 11.9 Å². The molecule has 148 valence electrons. The molecule has 0 saturated carbocycles. The van der Waals surface area contributed by atoms with Crippen molar-refractivity contribution in [3.63, 3.8) is 0 Å². The number of rotatable bonds is 4. The van der Waals surface area contributed by atoms with Crippen LogP contribution in [0.2, 0.25) is 0 Å². The first kappa shape index (κ1) is 18.9. The minimum atomic E-state index is -0.347. The van der Waals surface area contributed by atoms with Crippen LogP contribution in [0.15, 0.2) is 66.1 Å². The highest BCUT2D eigenvalue weighted by Gasteiger charge is 2.33. The van der Waals surface area contributed by atoms with Gasteiger partial charge < -0.3 is 10.6 Å². The Morgan fingerprint density at radius 2 is 1.90 bits per heavy atom. The second-order valence-electron chi connectivity index (χ2n) is 7.74. The molecule has 0 bridgehead atoms. The van der Waals surface area contributed by atoms with Crippen molar-refractivity contribution in [3.8, 4) is 0 Å². The first-order chi connectivity index (χ1) is 13.9. The molecule has 1 aromatic heterocycles. The number of anilines is 2. The molecule has 29 heavy (non-hydrogen) atoms. The van der Waals surface area contributed by atoms with E-state index in [0.29, 0.717) is 17.4 Å². The maximum atomic E-state index is 13.3. The zero-order chi connectivity index (χ0) is 20.5. The van der Waals surface area contributed by atoms with Gasteiger partial charge in [0.25, 0.3) is 5.91 Å². The fourth-order valence-electron chi connectivity index (χ4n) is 3.68. The second kappa shape index (κ2) is 7.54. The van der Waals surface area contributed by atoms with Gasteiger partial charge in [-0.1, -0.05) is 50.2 Å². The predicted octanol–water partition coefficient (Wildman–Crippen LogP) is 4.64. The molecule has 0 spiro atoms. The molecular formula is C23H25N5O. The maximum Gasteiger partial charge on any atom is 0.255 e. The second-order valence-corrected chi connectivity index (χ2v) is 7.74. The molecule has 1 aliphatic rings. The molecule has 0 saturated heterocycles. The Labute approximate surface area is 170 Å². The number of aryl methyl sites for hydroxylation is 1. The van der Waals surface area contributed by atoms with Crippen molar-refractivity contribution in [2.45, 2.75) is 39.7 Å². The average Bonchev–Trinajstić information content (AvgIpc) is 3.14. The molecule has 2 heterocycles. The normalized spacial score (nSPS) is 15.8. The topological polar surface area (TPSA) is 71.8 Å². The number of amides is 1. The van der Waals surface area contributed by atoms with E-state index >= 15 is 0 Å². The van der Waals surface area contributed by atoms with E-state index in [0.717, 1.165) is 22.5 Å². The zero-order valence-electron chi connectivity index (χ0n) is 17.1. The van der Waals surface area contributed by atoms with Gasteiger partial charge in [-0.15, -0.1) is 0 Å². The SMILES string of the molecule is CC1=C(C(=O)Nc2cccc(C)c2)C(c2ccc(C(C)C)cc2)n2ncnc2N1. The first-order valence-electron chi connectivity index (χ1n) is 9.79. The summed E-state index contributed by atoms with van der Waals surface area (Å²) in [6, 6.07) is 15.8. The number of carbonyl (C=O) groups is 1. The van der Waals surface area contributed by atoms with Crippen molar-refractivity contribution >= 4 is 17.5 Å². The molecule has 0 fully saturated rings. The fraction of sp³-hybridized carbons (Fsp3) is 0.261. The molecule has 1 amide bonds. The van der Waals surface area contributed by atoms with Gasteiger partial charge in [0.2, 0.25) is 5.95 Å². The van der Waals surface area contributed by atoms with Crippen LogP contribution < -0.4 is 10.6 Å². The molecular weight excluding hydrogens is 362 g/mol.